The fourth-order valence-corrected chi connectivity index (χ4v) is 3.91. The topological polar surface area (TPSA) is 74.6 Å². The number of rotatable bonds is 3. The van der Waals surface area contributed by atoms with Gasteiger partial charge in [0.2, 0.25) is 0 Å². The minimum Gasteiger partial charge on any atom is -0.504 e. The summed E-state index contributed by atoms with van der Waals surface area (Å²) >= 11 is 0. The van der Waals surface area contributed by atoms with Crippen LogP contribution in [0, 0.1) is 23.5 Å². The van der Waals surface area contributed by atoms with Crippen molar-refractivity contribution in [1.82, 2.24) is 0 Å². The number of halogens is 2. The lowest BCUT2D eigenvalue weighted by Crippen LogP contribution is -2.03. The molecule has 0 aliphatic heterocycles. The first-order valence-corrected chi connectivity index (χ1v) is 8.43. The molecule has 2 aliphatic carbocycles. The summed E-state index contributed by atoms with van der Waals surface area (Å²) in [5.41, 5.74) is -0.934. The van der Waals surface area contributed by atoms with Crippen LogP contribution in [0.5, 0.6) is 11.5 Å². The van der Waals surface area contributed by atoms with Gasteiger partial charge >= 0.3 is 0 Å². The second-order valence-corrected chi connectivity index (χ2v) is 7.06. The molecule has 0 spiro atoms. The van der Waals surface area contributed by atoms with E-state index in [1.54, 1.807) is 12.1 Å². The zero-order chi connectivity index (χ0) is 18.6. The van der Waals surface area contributed by atoms with Crippen LogP contribution in [0.4, 0.5) is 8.78 Å². The summed E-state index contributed by atoms with van der Waals surface area (Å²) in [4.78, 5) is 23.2. The van der Waals surface area contributed by atoms with E-state index in [2.05, 4.69) is 0 Å². The molecule has 4 atom stereocenters. The molecule has 2 aromatic carbocycles. The van der Waals surface area contributed by atoms with Crippen LogP contribution in [-0.2, 0) is 0 Å². The third-order valence-corrected chi connectivity index (χ3v) is 5.46. The maximum absolute atomic E-state index is 13.8. The van der Waals surface area contributed by atoms with Gasteiger partial charge in [-0.1, -0.05) is 18.2 Å². The second-order valence-electron chi connectivity index (χ2n) is 7.06. The van der Waals surface area contributed by atoms with E-state index in [1.165, 1.54) is 12.1 Å². The highest BCUT2D eigenvalue weighted by molar-refractivity contribution is 5.40. The van der Waals surface area contributed by atoms with Crippen LogP contribution in [0.3, 0.4) is 0 Å². The Kier molecular flexibility index (Phi) is 3.79. The minimum atomic E-state index is -1.02. The molecule has 134 valence electrons. The van der Waals surface area contributed by atoms with Gasteiger partial charge in [-0.05, 0) is 60.3 Å². The largest absolute Gasteiger partial charge is 0.504 e. The van der Waals surface area contributed by atoms with Crippen molar-refractivity contribution in [2.45, 2.75) is 24.7 Å². The molecule has 0 aromatic heterocycles. The standard InChI is InChI=1S/C20H16F2O4/c21-15-3-1-2-10(18(24)20(15)26)12-8-14(12)13-7-11(13)9-4-5-17(23)19(25)16(22)6-9/h1-6,11-14H,7-8H2,(H,23,25)(H,24,26). The van der Waals surface area contributed by atoms with Gasteiger partial charge in [-0.25, -0.2) is 8.78 Å². The molecule has 2 saturated carbocycles. The van der Waals surface area contributed by atoms with Gasteiger partial charge < -0.3 is 10.2 Å². The number of hydrogen-bond acceptors (Lipinski definition) is 4. The molecular weight excluding hydrogens is 342 g/mol. The van der Waals surface area contributed by atoms with E-state index in [9.17, 15) is 28.6 Å². The molecule has 4 nitrogen and oxygen atoms in total. The lowest BCUT2D eigenvalue weighted by molar-refractivity contribution is 0.455. The fourth-order valence-electron chi connectivity index (χ4n) is 3.91. The molecule has 0 radical (unpaired) electrons. The molecule has 0 saturated heterocycles. The quantitative estimate of drug-likeness (QED) is 0.885. The van der Waals surface area contributed by atoms with Crippen molar-refractivity contribution in [2.75, 3.05) is 0 Å². The Morgan fingerprint density at radius 1 is 0.846 bits per heavy atom. The first-order chi connectivity index (χ1) is 12.4. The van der Waals surface area contributed by atoms with Gasteiger partial charge in [-0.2, -0.15) is 0 Å². The highest BCUT2D eigenvalue weighted by Gasteiger charge is 2.54. The van der Waals surface area contributed by atoms with E-state index < -0.39 is 34.0 Å². The minimum absolute atomic E-state index is 0.0321. The smallest absolute Gasteiger partial charge is 0.255 e. The first-order valence-electron chi connectivity index (χ1n) is 8.43. The molecule has 2 aliphatic rings. The third kappa shape index (κ3) is 2.75. The van der Waals surface area contributed by atoms with Crippen molar-refractivity contribution in [2.24, 2.45) is 11.8 Å². The van der Waals surface area contributed by atoms with Crippen LogP contribution in [0.15, 0.2) is 46.0 Å². The van der Waals surface area contributed by atoms with Crippen molar-refractivity contribution in [3.05, 3.63) is 79.6 Å². The Bertz CT molecular complexity index is 1020. The van der Waals surface area contributed by atoms with Crippen molar-refractivity contribution in [3.63, 3.8) is 0 Å². The SMILES string of the molecule is O=c1c(O)ccc(C2CC2C2CC2c2cccc(F)c(=O)c2O)cc1F. The lowest BCUT2D eigenvalue weighted by atomic mass is 10.0. The Balaban J connectivity index is 1.56. The number of aromatic hydroxyl groups is 2. The van der Waals surface area contributed by atoms with E-state index in [0.717, 1.165) is 25.0 Å². The monoisotopic (exact) mass is 358 g/mol. The molecule has 2 aromatic rings. The summed E-state index contributed by atoms with van der Waals surface area (Å²) in [6, 6.07) is 7.92. The highest BCUT2D eigenvalue weighted by atomic mass is 19.1. The highest BCUT2D eigenvalue weighted by Crippen LogP contribution is 2.65. The predicted molar refractivity (Wildman–Crippen MR) is 90.4 cm³/mol. The van der Waals surface area contributed by atoms with Crippen LogP contribution in [0.25, 0.3) is 0 Å². The molecule has 2 fully saturated rings. The van der Waals surface area contributed by atoms with Gasteiger partial charge in [-0.3, -0.25) is 9.59 Å². The van der Waals surface area contributed by atoms with E-state index >= 15 is 0 Å². The summed E-state index contributed by atoms with van der Waals surface area (Å²) < 4.78 is 27.2. The zero-order valence-electron chi connectivity index (χ0n) is 13.7. The maximum Gasteiger partial charge on any atom is 0.255 e. The normalized spacial score (nSPS) is 26.4. The van der Waals surface area contributed by atoms with Crippen LogP contribution < -0.4 is 10.9 Å². The van der Waals surface area contributed by atoms with Crippen molar-refractivity contribution in [1.29, 1.82) is 0 Å². The summed E-state index contributed by atoms with van der Waals surface area (Å²) in [6.07, 6.45) is 1.57. The molecule has 0 heterocycles. The van der Waals surface area contributed by atoms with Crippen molar-refractivity contribution >= 4 is 0 Å². The summed E-state index contributed by atoms with van der Waals surface area (Å²) in [5, 5.41) is 19.4. The van der Waals surface area contributed by atoms with E-state index in [-0.39, 0.29) is 23.7 Å². The van der Waals surface area contributed by atoms with E-state index in [1.807, 2.05) is 0 Å². The van der Waals surface area contributed by atoms with Crippen LogP contribution >= 0.6 is 0 Å². The second kappa shape index (κ2) is 5.90. The molecule has 4 rings (SSSR count). The molecule has 0 amide bonds. The Morgan fingerprint density at radius 3 is 2.31 bits per heavy atom. The average Bonchev–Trinajstić information content (AvgIpc) is 3.49. The van der Waals surface area contributed by atoms with Crippen LogP contribution in [0.1, 0.15) is 35.8 Å². The Morgan fingerprint density at radius 2 is 1.54 bits per heavy atom. The van der Waals surface area contributed by atoms with Gasteiger partial charge in [0, 0.05) is 5.56 Å². The van der Waals surface area contributed by atoms with Gasteiger partial charge in [-0.15, -0.1) is 0 Å². The van der Waals surface area contributed by atoms with Gasteiger partial charge in [0.25, 0.3) is 10.9 Å². The van der Waals surface area contributed by atoms with Gasteiger partial charge in [0.05, 0.1) is 0 Å². The zero-order valence-corrected chi connectivity index (χ0v) is 13.7. The summed E-state index contributed by atoms with van der Waals surface area (Å²) in [5.74, 6) is -2.66. The van der Waals surface area contributed by atoms with Crippen LogP contribution in [0.2, 0.25) is 0 Å². The average molecular weight is 358 g/mol. The van der Waals surface area contributed by atoms with Crippen molar-refractivity contribution < 1.29 is 19.0 Å². The molecule has 26 heavy (non-hydrogen) atoms. The van der Waals surface area contributed by atoms with Gasteiger partial charge in [0.15, 0.2) is 23.1 Å². The first kappa shape index (κ1) is 16.7. The van der Waals surface area contributed by atoms with Crippen molar-refractivity contribution in [3.8, 4) is 11.5 Å². The lowest BCUT2D eigenvalue weighted by Gasteiger charge is -2.01. The van der Waals surface area contributed by atoms with Crippen LogP contribution in [-0.4, -0.2) is 10.2 Å². The van der Waals surface area contributed by atoms with E-state index in [4.69, 9.17) is 0 Å². The fraction of sp³-hybridized carbons (Fsp3) is 0.300. The molecule has 6 heteroatoms. The summed E-state index contributed by atoms with van der Waals surface area (Å²) in [6.45, 7) is 0. The summed E-state index contributed by atoms with van der Waals surface area (Å²) in [7, 11) is 0. The maximum atomic E-state index is 13.8. The third-order valence-electron chi connectivity index (χ3n) is 5.46. The molecule has 4 unspecified atom stereocenters. The van der Waals surface area contributed by atoms with Gasteiger partial charge in [0.1, 0.15) is 0 Å². The Hall–Kier alpha value is -2.76. The Labute approximate surface area is 147 Å². The predicted octanol–water partition coefficient (Wildman–Crippen LogP) is 3.00. The number of hydrogen-bond donors (Lipinski definition) is 2. The molecule has 0 bridgehead atoms. The molecule has 2 N–H and O–H groups in total. The van der Waals surface area contributed by atoms with E-state index in [0.29, 0.717) is 11.1 Å². The molecular formula is C20H16F2O4.